The zero-order valence-corrected chi connectivity index (χ0v) is 13.9. The van der Waals surface area contributed by atoms with Crippen LogP contribution in [0.5, 0.6) is 0 Å². The molecule has 2 rings (SSSR count). The number of carbonyl (C=O) groups excluding carboxylic acids is 2. The van der Waals surface area contributed by atoms with Gasteiger partial charge in [-0.25, -0.2) is 9.18 Å². The summed E-state index contributed by atoms with van der Waals surface area (Å²) in [6, 6.07) is 5.70. The smallest absolute Gasteiger partial charge is 0.350 e. The van der Waals surface area contributed by atoms with Crippen LogP contribution in [0.1, 0.15) is 27.9 Å². The number of ether oxygens (including phenoxy) is 1. The molecule has 0 aliphatic carbocycles. The van der Waals surface area contributed by atoms with Crippen molar-refractivity contribution in [1.82, 2.24) is 4.57 Å². The Hall–Kier alpha value is -2.28. The molecule has 0 saturated carbocycles. The molecule has 122 valence electrons. The van der Waals surface area contributed by atoms with Crippen LogP contribution in [0, 0.1) is 12.7 Å². The van der Waals surface area contributed by atoms with Gasteiger partial charge < -0.3 is 9.30 Å². The first-order valence-corrected chi connectivity index (χ1v) is 7.89. The maximum absolute atomic E-state index is 12.9. The number of carbonyl (C=O) groups is 2. The Bertz CT molecular complexity index is 791. The predicted octanol–water partition coefficient (Wildman–Crippen LogP) is 2.38. The van der Waals surface area contributed by atoms with Gasteiger partial charge in [0.1, 0.15) is 10.7 Å². The van der Waals surface area contributed by atoms with E-state index in [-0.39, 0.29) is 24.8 Å². The summed E-state index contributed by atoms with van der Waals surface area (Å²) >= 11 is 1.12. The van der Waals surface area contributed by atoms with Crippen LogP contribution in [-0.4, -0.2) is 23.1 Å². The van der Waals surface area contributed by atoms with Crippen LogP contribution in [0.2, 0.25) is 0 Å². The number of nitrogens with zero attached hydrogens (tertiary/aromatic N) is 2. The van der Waals surface area contributed by atoms with Gasteiger partial charge in [-0.15, -0.1) is 0 Å². The largest absolute Gasteiger partial charge is 0.462 e. The van der Waals surface area contributed by atoms with Crippen molar-refractivity contribution < 1.29 is 18.7 Å². The fourth-order valence-electron chi connectivity index (χ4n) is 1.94. The highest BCUT2D eigenvalue weighted by molar-refractivity contribution is 7.11. The lowest BCUT2D eigenvalue weighted by atomic mass is 10.1. The van der Waals surface area contributed by atoms with Crippen LogP contribution in [0.3, 0.4) is 0 Å². The van der Waals surface area contributed by atoms with Crippen molar-refractivity contribution in [3.8, 4) is 0 Å². The molecule has 1 amide bonds. The van der Waals surface area contributed by atoms with Gasteiger partial charge in [-0.1, -0.05) is 23.5 Å². The highest BCUT2D eigenvalue weighted by Gasteiger charge is 2.16. The number of aromatic nitrogens is 1. The van der Waals surface area contributed by atoms with E-state index in [0.29, 0.717) is 20.9 Å². The highest BCUT2D eigenvalue weighted by atomic mass is 32.1. The van der Waals surface area contributed by atoms with E-state index in [0.717, 1.165) is 11.3 Å². The minimum atomic E-state index is -0.418. The molecule has 0 N–H and O–H groups in total. The van der Waals surface area contributed by atoms with Gasteiger partial charge >= 0.3 is 5.97 Å². The summed E-state index contributed by atoms with van der Waals surface area (Å²) in [7, 11) is 1.73. The molecule has 0 spiro atoms. The van der Waals surface area contributed by atoms with Crippen molar-refractivity contribution >= 4 is 23.2 Å². The van der Waals surface area contributed by atoms with Crippen molar-refractivity contribution in [3.05, 3.63) is 51.0 Å². The molecular formula is C16H17FN2O3S. The molecule has 7 heteroatoms. The summed E-state index contributed by atoms with van der Waals surface area (Å²) in [6.07, 6.45) is 0.0754. The second-order valence-electron chi connectivity index (χ2n) is 4.89. The number of amides is 1. The molecule has 23 heavy (non-hydrogen) atoms. The molecule has 2 aromatic rings. The number of rotatable bonds is 4. The second kappa shape index (κ2) is 7.32. The zero-order valence-electron chi connectivity index (χ0n) is 13.1. The monoisotopic (exact) mass is 336 g/mol. The zero-order chi connectivity index (χ0) is 17.0. The van der Waals surface area contributed by atoms with Crippen molar-refractivity contribution in [1.29, 1.82) is 0 Å². The van der Waals surface area contributed by atoms with Crippen LogP contribution in [0.25, 0.3) is 0 Å². The Kier molecular flexibility index (Phi) is 5.44. The van der Waals surface area contributed by atoms with Crippen LogP contribution < -0.4 is 4.80 Å². The summed E-state index contributed by atoms with van der Waals surface area (Å²) < 4.78 is 19.5. The number of hydrogen-bond acceptors (Lipinski definition) is 4. The van der Waals surface area contributed by atoms with E-state index in [1.165, 1.54) is 12.1 Å². The molecule has 1 aromatic heterocycles. The van der Waals surface area contributed by atoms with Gasteiger partial charge in [0.05, 0.1) is 13.0 Å². The number of hydrogen-bond donors (Lipinski definition) is 0. The molecule has 5 nitrogen and oxygen atoms in total. The van der Waals surface area contributed by atoms with Crippen LogP contribution in [-0.2, 0) is 23.0 Å². The topological polar surface area (TPSA) is 60.7 Å². The Labute approximate surface area is 137 Å². The van der Waals surface area contributed by atoms with E-state index < -0.39 is 5.97 Å². The van der Waals surface area contributed by atoms with Crippen molar-refractivity contribution in [2.45, 2.75) is 20.3 Å². The van der Waals surface area contributed by atoms with E-state index in [4.69, 9.17) is 4.74 Å². The van der Waals surface area contributed by atoms with E-state index >= 15 is 0 Å². The normalized spacial score (nSPS) is 11.6. The first-order chi connectivity index (χ1) is 10.9. The maximum Gasteiger partial charge on any atom is 0.350 e. The van der Waals surface area contributed by atoms with Gasteiger partial charge in [0.25, 0.3) is 5.91 Å². The van der Waals surface area contributed by atoms with Crippen LogP contribution >= 0.6 is 11.3 Å². The van der Waals surface area contributed by atoms with Crippen molar-refractivity contribution in [2.24, 2.45) is 12.0 Å². The molecule has 0 aliphatic heterocycles. The molecule has 1 aromatic carbocycles. The first kappa shape index (κ1) is 17.1. The molecule has 0 radical (unpaired) electrons. The quantitative estimate of drug-likeness (QED) is 0.806. The maximum atomic E-state index is 12.9. The van der Waals surface area contributed by atoms with Crippen LogP contribution in [0.15, 0.2) is 29.3 Å². The van der Waals surface area contributed by atoms with Gasteiger partial charge in [-0.2, -0.15) is 4.99 Å². The van der Waals surface area contributed by atoms with Crippen LogP contribution in [0.4, 0.5) is 4.39 Å². The minimum Gasteiger partial charge on any atom is -0.462 e. The molecule has 0 atom stereocenters. The molecule has 0 saturated heterocycles. The third kappa shape index (κ3) is 4.13. The Morgan fingerprint density at radius 3 is 2.57 bits per heavy atom. The number of benzene rings is 1. The Morgan fingerprint density at radius 2 is 1.96 bits per heavy atom. The van der Waals surface area contributed by atoms with Crippen molar-refractivity contribution in [3.63, 3.8) is 0 Å². The van der Waals surface area contributed by atoms with Gasteiger partial charge in [0.2, 0.25) is 0 Å². The lowest BCUT2D eigenvalue weighted by Crippen LogP contribution is -2.15. The standard InChI is InChI=1S/C16H17FN2O3S/c1-4-22-15(21)14-10(2)19(3)16(23-14)18-13(20)9-11-5-7-12(17)8-6-11/h5-8H,4,9H2,1-3H3. The average molecular weight is 336 g/mol. The molecule has 0 aliphatic rings. The first-order valence-electron chi connectivity index (χ1n) is 7.08. The van der Waals surface area contributed by atoms with Gasteiger partial charge in [-0.3, -0.25) is 4.79 Å². The SMILES string of the molecule is CCOC(=O)c1sc(=NC(=O)Cc2ccc(F)cc2)n(C)c1C. The number of halogens is 1. The lowest BCUT2D eigenvalue weighted by molar-refractivity contribution is -0.117. The summed E-state index contributed by atoms with van der Waals surface area (Å²) in [5.74, 6) is -1.13. The average Bonchev–Trinajstić information content (AvgIpc) is 2.78. The summed E-state index contributed by atoms with van der Waals surface area (Å²) in [4.78, 5) is 28.8. The Balaban J connectivity index is 2.25. The van der Waals surface area contributed by atoms with E-state index in [1.807, 2.05) is 0 Å². The van der Waals surface area contributed by atoms with E-state index in [2.05, 4.69) is 4.99 Å². The fraction of sp³-hybridized carbons (Fsp3) is 0.312. The second-order valence-corrected chi connectivity index (χ2v) is 5.86. The van der Waals surface area contributed by atoms with Gasteiger partial charge in [0.15, 0.2) is 4.80 Å². The summed E-state index contributed by atoms with van der Waals surface area (Å²) in [5.41, 5.74) is 1.38. The molecule has 1 heterocycles. The van der Waals surface area contributed by atoms with Crippen molar-refractivity contribution in [2.75, 3.05) is 6.61 Å². The lowest BCUT2D eigenvalue weighted by Gasteiger charge is -2.00. The van der Waals surface area contributed by atoms with Gasteiger partial charge in [0, 0.05) is 12.7 Å². The number of esters is 1. The molecule has 0 bridgehead atoms. The van der Waals surface area contributed by atoms with E-state index in [9.17, 15) is 14.0 Å². The number of thiazole rings is 1. The predicted molar refractivity (Wildman–Crippen MR) is 84.7 cm³/mol. The summed E-state index contributed by atoms with van der Waals surface area (Å²) in [5, 5.41) is 0. The van der Waals surface area contributed by atoms with Gasteiger partial charge in [-0.05, 0) is 31.5 Å². The van der Waals surface area contributed by atoms with E-state index in [1.54, 1.807) is 37.6 Å². The highest BCUT2D eigenvalue weighted by Crippen LogP contribution is 2.12. The third-order valence-electron chi connectivity index (χ3n) is 3.26. The minimum absolute atomic E-state index is 0.0754. The Morgan fingerprint density at radius 1 is 1.30 bits per heavy atom. The molecule has 0 unspecified atom stereocenters. The third-order valence-corrected chi connectivity index (χ3v) is 4.48. The molecule has 0 fully saturated rings. The summed E-state index contributed by atoms with van der Waals surface area (Å²) in [6.45, 7) is 3.79. The molecular weight excluding hydrogens is 319 g/mol. The fourth-order valence-corrected chi connectivity index (χ4v) is 2.97.